The quantitative estimate of drug-likeness (QED) is 0.104. The van der Waals surface area contributed by atoms with Crippen LogP contribution in [0, 0.1) is 13.8 Å². The van der Waals surface area contributed by atoms with Crippen LogP contribution in [0.25, 0.3) is 21.8 Å². The SMILES string of the molecule is Cc1ccc(OCC(=O)N/N=C/c2ccc3ccc4ccc(/C=N/NC(=O)COc5ccc(C)cc5Br)nc4c3n2)c(Br)c1. The molecule has 0 saturated carbocycles. The van der Waals surface area contributed by atoms with Crippen molar-refractivity contribution >= 4 is 77.9 Å². The highest BCUT2D eigenvalue weighted by atomic mass is 79.9. The lowest BCUT2D eigenvalue weighted by molar-refractivity contribution is -0.123. The average Bonchev–Trinajstić information content (AvgIpc) is 3.00. The fourth-order valence-corrected chi connectivity index (χ4v) is 5.29. The molecule has 222 valence electrons. The van der Waals surface area contributed by atoms with Gasteiger partial charge in [-0.05, 0) is 93.2 Å². The number of pyridine rings is 2. The van der Waals surface area contributed by atoms with Gasteiger partial charge in [-0.25, -0.2) is 20.8 Å². The van der Waals surface area contributed by atoms with E-state index < -0.39 is 11.8 Å². The Morgan fingerprint density at radius 2 is 1.09 bits per heavy atom. The Balaban J connectivity index is 1.21. The fraction of sp³-hybridized carbons (Fsp3) is 0.125. The molecule has 2 aromatic heterocycles. The van der Waals surface area contributed by atoms with Crippen LogP contribution in [-0.4, -0.2) is 47.4 Å². The molecule has 0 aliphatic heterocycles. The minimum atomic E-state index is -0.410. The number of aryl methyl sites for hydroxylation is 2. The molecule has 5 aromatic rings. The number of aromatic nitrogens is 2. The number of benzene rings is 3. The molecule has 0 bridgehead atoms. The maximum absolute atomic E-state index is 12.2. The van der Waals surface area contributed by atoms with Crippen LogP contribution in [0.1, 0.15) is 22.5 Å². The summed E-state index contributed by atoms with van der Waals surface area (Å²) >= 11 is 6.85. The zero-order valence-corrected chi connectivity index (χ0v) is 26.8. The van der Waals surface area contributed by atoms with E-state index in [4.69, 9.17) is 19.4 Å². The average molecular weight is 718 g/mol. The zero-order valence-electron chi connectivity index (χ0n) is 23.7. The first-order chi connectivity index (χ1) is 21.2. The van der Waals surface area contributed by atoms with Gasteiger partial charge in [-0.3, -0.25) is 9.59 Å². The number of rotatable bonds is 10. The Morgan fingerprint density at radius 1 is 0.682 bits per heavy atom. The molecule has 0 unspecified atom stereocenters. The molecule has 2 amide bonds. The number of amides is 2. The van der Waals surface area contributed by atoms with E-state index in [2.05, 4.69) is 52.9 Å². The summed E-state index contributed by atoms with van der Waals surface area (Å²) in [6.45, 7) is 3.55. The van der Waals surface area contributed by atoms with E-state index >= 15 is 0 Å². The van der Waals surface area contributed by atoms with Crippen molar-refractivity contribution in [1.29, 1.82) is 0 Å². The molecule has 10 nitrogen and oxygen atoms in total. The maximum Gasteiger partial charge on any atom is 0.277 e. The summed E-state index contributed by atoms with van der Waals surface area (Å²) in [6, 6.07) is 22.5. The number of fused-ring (bicyclic) bond motifs is 3. The molecular weight excluding hydrogens is 692 g/mol. The van der Waals surface area contributed by atoms with Crippen LogP contribution in [0.5, 0.6) is 11.5 Å². The lowest BCUT2D eigenvalue weighted by Gasteiger charge is -2.08. The largest absolute Gasteiger partial charge is 0.483 e. The number of hydrazone groups is 2. The summed E-state index contributed by atoms with van der Waals surface area (Å²) in [5.41, 5.74) is 9.42. The van der Waals surface area contributed by atoms with Crippen molar-refractivity contribution in [1.82, 2.24) is 20.8 Å². The summed E-state index contributed by atoms with van der Waals surface area (Å²) in [4.78, 5) is 33.8. The van der Waals surface area contributed by atoms with Gasteiger partial charge < -0.3 is 9.47 Å². The van der Waals surface area contributed by atoms with E-state index in [0.29, 0.717) is 33.9 Å². The Kier molecular flexibility index (Phi) is 9.93. The molecule has 5 rings (SSSR count). The van der Waals surface area contributed by atoms with Crippen LogP contribution in [-0.2, 0) is 9.59 Å². The third kappa shape index (κ3) is 8.03. The predicted molar refractivity (Wildman–Crippen MR) is 177 cm³/mol. The van der Waals surface area contributed by atoms with Crippen LogP contribution in [0.15, 0.2) is 91.9 Å². The van der Waals surface area contributed by atoms with Crippen molar-refractivity contribution in [3.8, 4) is 11.5 Å². The highest BCUT2D eigenvalue weighted by Crippen LogP contribution is 2.27. The first kappa shape index (κ1) is 30.8. The van der Waals surface area contributed by atoms with Gasteiger partial charge in [0.1, 0.15) is 11.5 Å². The standard InChI is InChI=1S/C32H26Br2N6O4/c1-19-3-11-27(25(33)13-19)43-17-29(41)39-35-15-23-9-7-21-5-6-22-8-10-24(38-32(22)31(21)37-23)16-36-40-30(42)18-44-28-12-4-20(2)14-26(28)34/h3-16H,17-18H2,1-2H3,(H,39,41)(H,40,42)/b35-15+,36-16+. The van der Waals surface area contributed by atoms with Crippen LogP contribution in [0.3, 0.4) is 0 Å². The monoisotopic (exact) mass is 716 g/mol. The van der Waals surface area contributed by atoms with Gasteiger partial charge >= 0.3 is 0 Å². The molecule has 12 heteroatoms. The van der Waals surface area contributed by atoms with Gasteiger partial charge in [0.15, 0.2) is 13.2 Å². The summed E-state index contributed by atoms with van der Waals surface area (Å²) in [5, 5.41) is 9.80. The van der Waals surface area contributed by atoms with Crippen LogP contribution >= 0.6 is 31.9 Å². The van der Waals surface area contributed by atoms with Gasteiger partial charge in [0.25, 0.3) is 11.8 Å². The Bertz CT molecular complexity index is 1790. The van der Waals surface area contributed by atoms with Gasteiger partial charge in [-0.15, -0.1) is 0 Å². The van der Waals surface area contributed by atoms with Crippen molar-refractivity contribution in [3.05, 3.63) is 104 Å². The van der Waals surface area contributed by atoms with Crippen LogP contribution in [0.2, 0.25) is 0 Å². The van der Waals surface area contributed by atoms with Crippen molar-refractivity contribution < 1.29 is 19.1 Å². The predicted octanol–water partition coefficient (Wildman–Crippen LogP) is 5.98. The second kappa shape index (κ2) is 14.2. The fourth-order valence-electron chi connectivity index (χ4n) is 4.08. The van der Waals surface area contributed by atoms with E-state index in [-0.39, 0.29) is 13.2 Å². The molecule has 0 atom stereocenters. The normalized spacial score (nSPS) is 11.4. The van der Waals surface area contributed by atoms with E-state index in [1.165, 1.54) is 12.4 Å². The number of nitrogens with zero attached hydrogens (tertiary/aromatic N) is 4. The van der Waals surface area contributed by atoms with Gasteiger partial charge in [0.05, 0.1) is 43.8 Å². The number of carbonyl (C=O) groups is 2. The maximum atomic E-state index is 12.2. The molecule has 2 heterocycles. The molecule has 0 saturated heterocycles. The summed E-state index contributed by atoms with van der Waals surface area (Å²) in [5.74, 6) is 0.315. The summed E-state index contributed by atoms with van der Waals surface area (Å²) in [6.07, 6.45) is 2.91. The number of halogens is 2. The second-order valence-corrected chi connectivity index (χ2v) is 11.4. The highest BCUT2D eigenvalue weighted by Gasteiger charge is 2.08. The summed E-state index contributed by atoms with van der Waals surface area (Å²) < 4.78 is 12.6. The van der Waals surface area contributed by atoms with Crippen LogP contribution in [0.4, 0.5) is 0 Å². The Morgan fingerprint density at radius 3 is 1.50 bits per heavy atom. The summed E-state index contributed by atoms with van der Waals surface area (Å²) in [7, 11) is 0. The number of hydrogen-bond acceptors (Lipinski definition) is 8. The van der Waals surface area contributed by atoms with Crippen LogP contribution < -0.4 is 20.3 Å². The van der Waals surface area contributed by atoms with E-state index in [1.807, 2.05) is 62.4 Å². The topological polar surface area (TPSA) is 127 Å². The van der Waals surface area contributed by atoms with Gasteiger partial charge in [-0.1, -0.05) is 36.4 Å². The minimum absolute atomic E-state index is 0.193. The zero-order chi connectivity index (χ0) is 31.1. The minimum Gasteiger partial charge on any atom is -0.483 e. The van der Waals surface area contributed by atoms with Crippen molar-refractivity contribution in [2.45, 2.75) is 13.8 Å². The van der Waals surface area contributed by atoms with E-state index in [1.54, 1.807) is 24.3 Å². The molecule has 0 fully saturated rings. The molecular formula is C32H26Br2N6O4. The number of carbonyl (C=O) groups excluding carboxylic acids is 2. The van der Waals surface area contributed by atoms with Gasteiger partial charge in [-0.2, -0.15) is 10.2 Å². The Hall–Kier alpha value is -4.68. The molecule has 0 aliphatic carbocycles. The number of hydrogen-bond donors (Lipinski definition) is 2. The molecule has 0 spiro atoms. The molecule has 44 heavy (non-hydrogen) atoms. The molecule has 0 aliphatic rings. The van der Waals surface area contributed by atoms with E-state index in [9.17, 15) is 9.59 Å². The third-order valence-corrected chi connectivity index (χ3v) is 7.47. The van der Waals surface area contributed by atoms with Crippen molar-refractivity contribution in [3.63, 3.8) is 0 Å². The first-order valence-corrected chi connectivity index (χ1v) is 15.0. The van der Waals surface area contributed by atoms with Gasteiger partial charge in [0, 0.05) is 10.8 Å². The molecule has 0 radical (unpaired) electrons. The number of nitrogens with one attached hydrogen (secondary N) is 2. The Labute approximate surface area is 269 Å². The van der Waals surface area contributed by atoms with Crippen molar-refractivity contribution in [2.75, 3.05) is 13.2 Å². The highest BCUT2D eigenvalue weighted by molar-refractivity contribution is 9.10. The van der Waals surface area contributed by atoms with Gasteiger partial charge in [0.2, 0.25) is 0 Å². The lowest BCUT2D eigenvalue weighted by atomic mass is 10.1. The smallest absolute Gasteiger partial charge is 0.277 e. The van der Waals surface area contributed by atoms with Crippen molar-refractivity contribution in [2.24, 2.45) is 10.2 Å². The first-order valence-electron chi connectivity index (χ1n) is 13.4. The third-order valence-electron chi connectivity index (χ3n) is 6.23. The lowest BCUT2D eigenvalue weighted by Crippen LogP contribution is -2.24. The number of ether oxygens (including phenoxy) is 2. The molecule has 2 N–H and O–H groups in total. The van der Waals surface area contributed by atoms with E-state index in [0.717, 1.165) is 30.8 Å². The molecule has 3 aromatic carbocycles. The second-order valence-electron chi connectivity index (χ2n) is 9.71.